The van der Waals surface area contributed by atoms with Crippen molar-refractivity contribution < 1.29 is 41.1 Å². The molecular weight excluding hydrogens is 649 g/mol. The van der Waals surface area contributed by atoms with Gasteiger partial charge in [-0.05, 0) is 60.1 Å². The van der Waals surface area contributed by atoms with Gasteiger partial charge in [-0.1, -0.05) is 36.4 Å². The average molecular weight is 684 g/mol. The molecule has 1 unspecified atom stereocenters. The van der Waals surface area contributed by atoms with Crippen LogP contribution in [0.4, 0.5) is 33.8 Å². The van der Waals surface area contributed by atoms with Crippen molar-refractivity contribution in [3.63, 3.8) is 0 Å². The first-order valence-corrected chi connectivity index (χ1v) is 16.0. The molecule has 6 rings (SSSR count). The van der Waals surface area contributed by atoms with Crippen LogP contribution in [-0.2, 0) is 17.4 Å². The molecule has 14 heteroatoms. The zero-order valence-electron chi connectivity index (χ0n) is 26.4. The molecule has 2 fully saturated rings. The van der Waals surface area contributed by atoms with Gasteiger partial charge in [0, 0.05) is 58.0 Å². The lowest BCUT2D eigenvalue weighted by molar-refractivity contribution is -0.141. The number of aliphatic hydroxyl groups excluding tert-OH is 1. The first-order chi connectivity index (χ1) is 23.5. The fraction of sp³-hybridized carbons (Fsp3) is 0.371. The summed E-state index contributed by atoms with van der Waals surface area (Å²) < 4.78 is 74.6. The van der Waals surface area contributed by atoms with Crippen molar-refractivity contribution in [1.82, 2.24) is 14.9 Å². The SMILES string of the molecule is O=C(Cc1ccc(N2CCCN(C(=O)C(O)c3cc(F)cc(F)c3)CC2)nc1)c1oc(N2CCC(c3ccccc3)CC2)nc1C(F)(F)F. The maximum absolute atomic E-state index is 14.0. The minimum atomic E-state index is -4.89. The molecule has 2 aromatic heterocycles. The van der Waals surface area contributed by atoms with E-state index in [4.69, 9.17) is 4.42 Å². The highest BCUT2D eigenvalue weighted by molar-refractivity contribution is 5.96. The van der Waals surface area contributed by atoms with Crippen LogP contribution in [0.1, 0.15) is 64.2 Å². The molecule has 0 radical (unpaired) electrons. The molecule has 0 aliphatic carbocycles. The van der Waals surface area contributed by atoms with Gasteiger partial charge in [-0.15, -0.1) is 0 Å². The summed E-state index contributed by atoms with van der Waals surface area (Å²) in [6, 6.07) is 15.4. The molecule has 0 spiro atoms. The molecule has 0 bridgehead atoms. The predicted molar refractivity (Wildman–Crippen MR) is 169 cm³/mol. The first kappa shape index (κ1) is 34.0. The Morgan fingerprint density at radius 1 is 0.898 bits per heavy atom. The second-order valence-electron chi connectivity index (χ2n) is 12.2. The lowest BCUT2D eigenvalue weighted by Gasteiger charge is -2.31. The minimum Gasteiger partial charge on any atom is -0.420 e. The Bertz CT molecular complexity index is 1760. The van der Waals surface area contributed by atoms with Crippen LogP contribution in [0.2, 0.25) is 0 Å². The van der Waals surface area contributed by atoms with E-state index in [1.54, 1.807) is 17.0 Å². The molecule has 2 aromatic carbocycles. The van der Waals surface area contributed by atoms with E-state index in [0.29, 0.717) is 69.4 Å². The number of ketones is 1. The predicted octanol–water partition coefficient (Wildman–Crippen LogP) is 5.95. The smallest absolute Gasteiger partial charge is 0.420 e. The number of aromatic nitrogens is 2. The maximum Gasteiger partial charge on any atom is 0.437 e. The minimum absolute atomic E-state index is 0.178. The number of amides is 1. The monoisotopic (exact) mass is 683 g/mol. The number of Topliss-reactive ketones (excluding diaryl/α,β-unsaturated/α-hetero) is 1. The van der Waals surface area contributed by atoms with Gasteiger partial charge in [0.1, 0.15) is 17.5 Å². The Balaban J connectivity index is 1.07. The van der Waals surface area contributed by atoms with Crippen LogP contribution in [0.25, 0.3) is 0 Å². The van der Waals surface area contributed by atoms with E-state index in [1.165, 1.54) is 16.7 Å². The zero-order chi connectivity index (χ0) is 34.7. The van der Waals surface area contributed by atoms with Crippen LogP contribution in [-0.4, -0.2) is 70.9 Å². The molecule has 4 aromatic rings. The van der Waals surface area contributed by atoms with Crippen molar-refractivity contribution >= 4 is 23.5 Å². The molecule has 258 valence electrons. The van der Waals surface area contributed by atoms with Gasteiger partial charge < -0.3 is 24.2 Å². The highest BCUT2D eigenvalue weighted by Gasteiger charge is 2.42. The number of oxazole rings is 1. The van der Waals surface area contributed by atoms with E-state index >= 15 is 0 Å². The number of aliphatic hydroxyl groups is 1. The molecule has 4 heterocycles. The van der Waals surface area contributed by atoms with Crippen LogP contribution in [0.5, 0.6) is 0 Å². The Morgan fingerprint density at radius 3 is 2.27 bits per heavy atom. The molecule has 9 nitrogen and oxygen atoms in total. The Labute approximate surface area is 279 Å². The summed E-state index contributed by atoms with van der Waals surface area (Å²) in [6.07, 6.45) is -3.67. The van der Waals surface area contributed by atoms with Gasteiger partial charge in [-0.2, -0.15) is 18.2 Å². The fourth-order valence-electron chi connectivity index (χ4n) is 6.34. The van der Waals surface area contributed by atoms with Crippen LogP contribution in [0, 0.1) is 11.6 Å². The summed E-state index contributed by atoms with van der Waals surface area (Å²) in [5.41, 5.74) is 0.0205. The molecule has 1 atom stereocenters. The maximum atomic E-state index is 14.0. The summed E-state index contributed by atoms with van der Waals surface area (Å²) >= 11 is 0. The largest absolute Gasteiger partial charge is 0.437 e. The van der Waals surface area contributed by atoms with E-state index in [0.717, 1.165) is 12.1 Å². The van der Waals surface area contributed by atoms with Gasteiger partial charge in [-0.3, -0.25) is 9.59 Å². The quantitative estimate of drug-likeness (QED) is 0.180. The topological polar surface area (TPSA) is 103 Å². The highest BCUT2D eigenvalue weighted by Crippen LogP contribution is 2.37. The Hall–Kier alpha value is -4.85. The third-order valence-electron chi connectivity index (χ3n) is 8.91. The number of pyridine rings is 1. The zero-order valence-corrected chi connectivity index (χ0v) is 26.4. The number of piperidine rings is 1. The van der Waals surface area contributed by atoms with Gasteiger partial charge in [0.15, 0.2) is 11.8 Å². The fourth-order valence-corrected chi connectivity index (χ4v) is 6.34. The van der Waals surface area contributed by atoms with Crippen molar-refractivity contribution in [2.75, 3.05) is 49.1 Å². The Kier molecular flexibility index (Phi) is 9.95. The molecule has 0 saturated carbocycles. The van der Waals surface area contributed by atoms with E-state index in [9.17, 15) is 36.6 Å². The summed E-state index contributed by atoms with van der Waals surface area (Å²) in [6.45, 7) is 2.20. The van der Waals surface area contributed by atoms with E-state index in [1.807, 2.05) is 35.2 Å². The third kappa shape index (κ3) is 7.90. The van der Waals surface area contributed by atoms with E-state index in [2.05, 4.69) is 9.97 Å². The summed E-state index contributed by atoms with van der Waals surface area (Å²) in [7, 11) is 0. The van der Waals surface area contributed by atoms with Crippen molar-refractivity contribution in [1.29, 1.82) is 0 Å². The highest BCUT2D eigenvalue weighted by atomic mass is 19.4. The van der Waals surface area contributed by atoms with Gasteiger partial charge in [-0.25, -0.2) is 13.8 Å². The lowest BCUT2D eigenvalue weighted by Crippen LogP contribution is -2.38. The number of halogens is 5. The lowest BCUT2D eigenvalue weighted by atomic mass is 9.90. The molecule has 2 aliphatic heterocycles. The molecule has 1 N–H and O–H groups in total. The number of nitrogens with zero attached hydrogens (tertiary/aromatic N) is 5. The second kappa shape index (κ2) is 14.3. The number of carbonyl (C=O) groups is 2. The van der Waals surface area contributed by atoms with Crippen molar-refractivity contribution in [2.24, 2.45) is 0 Å². The molecule has 1 amide bonds. The van der Waals surface area contributed by atoms with Crippen LogP contribution >= 0.6 is 0 Å². The van der Waals surface area contributed by atoms with Crippen molar-refractivity contribution in [3.8, 4) is 0 Å². The van der Waals surface area contributed by atoms with Gasteiger partial charge in [0.2, 0.25) is 11.5 Å². The van der Waals surface area contributed by atoms with E-state index < -0.39 is 47.1 Å². The number of benzene rings is 2. The number of anilines is 2. The van der Waals surface area contributed by atoms with Crippen LogP contribution in [0.3, 0.4) is 0 Å². The van der Waals surface area contributed by atoms with Crippen LogP contribution < -0.4 is 9.80 Å². The molecule has 49 heavy (non-hydrogen) atoms. The summed E-state index contributed by atoms with van der Waals surface area (Å²) in [4.78, 5) is 39.1. The number of hydrogen-bond donors (Lipinski definition) is 1. The Morgan fingerprint density at radius 2 is 1.61 bits per heavy atom. The number of rotatable bonds is 8. The average Bonchev–Trinajstić information content (AvgIpc) is 3.42. The van der Waals surface area contributed by atoms with Crippen molar-refractivity contribution in [3.05, 3.63) is 107 Å². The molecule has 2 saturated heterocycles. The first-order valence-electron chi connectivity index (χ1n) is 16.0. The standard InChI is InChI=1S/C35H34F5N5O4/c36-26-18-25(19-27(37)20-26)30(47)33(48)44-12-4-11-43(15-16-44)29-8-7-22(21-41-29)17-28(46)31-32(35(38,39)40)42-34(49-31)45-13-9-24(10-14-45)23-5-2-1-3-6-23/h1-3,5-8,18-21,24,30,47H,4,9-17H2. The number of hydrogen-bond acceptors (Lipinski definition) is 8. The van der Waals surface area contributed by atoms with Crippen molar-refractivity contribution in [2.45, 2.75) is 43.9 Å². The van der Waals surface area contributed by atoms with Crippen LogP contribution in [0.15, 0.2) is 71.3 Å². The van der Waals surface area contributed by atoms with Gasteiger partial charge in [0.05, 0.1) is 0 Å². The normalized spacial score (nSPS) is 16.8. The second-order valence-corrected chi connectivity index (χ2v) is 12.2. The molecular formula is C35H34F5N5O4. The number of alkyl halides is 3. The third-order valence-corrected chi connectivity index (χ3v) is 8.91. The summed E-state index contributed by atoms with van der Waals surface area (Å²) in [5.74, 6) is -3.40. The summed E-state index contributed by atoms with van der Waals surface area (Å²) in [5, 5.41) is 10.5. The van der Waals surface area contributed by atoms with E-state index in [-0.39, 0.29) is 30.5 Å². The number of carbonyl (C=O) groups excluding carboxylic acids is 2. The van der Waals surface area contributed by atoms with Gasteiger partial charge >= 0.3 is 6.18 Å². The van der Waals surface area contributed by atoms with Gasteiger partial charge in [0.25, 0.3) is 11.9 Å². The molecule has 2 aliphatic rings.